The molecule has 0 spiro atoms. The van der Waals surface area contributed by atoms with E-state index in [0.29, 0.717) is 18.7 Å². The highest BCUT2D eigenvalue weighted by Crippen LogP contribution is 2.39. The van der Waals surface area contributed by atoms with E-state index < -0.39 is 16.8 Å². The fourth-order valence-corrected chi connectivity index (χ4v) is 3.48. The summed E-state index contributed by atoms with van der Waals surface area (Å²) in [7, 11) is 0. The zero-order valence-corrected chi connectivity index (χ0v) is 13.3. The van der Waals surface area contributed by atoms with Crippen LogP contribution in [0.3, 0.4) is 0 Å². The zero-order valence-electron chi connectivity index (χ0n) is 13.3. The molecular formula is C16H16FN5O3. The normalized spacial score (nSPS) is 18.4. The third-order valence-corrected chi connectivity index (χ3v) is 4.87. The molecule has 3 aromatic heterocycles. The van der Waals surface area contributed by atoms with E-state index in [9.17, 15) is 14.0 Å². The molecular weight excluding hydrogens is 329 g/mol. The van der Waals surface area contributed by atoms with Crippen molar-refractivity contribution in [3.63, 3.8) is 0 Å². The van der Waals surface area contributed by atoms with E-state index in [-0.39, 0.29) is 28.3 Å². The maximum Gasteiger partial charge on any atom is 0.293 e. The number of nitrogens with zero attached hydrogens (tertiary/aromatic N) is 3. The molecule has 9 heteroatoms. The first-order chi connectivity index (χ1) is 12.1. The van der Waals surface area contributed by atoms with Gasteiger partial charge >= 0.3 is 0 Å². The number of hydrogen-bond acceptors (Lipinski definition) is 6. The summed E-state index contributed by atoms with van der Waals surface area (Å²) >= 11 is 0. The van der Waals surface area contributed by atoms with Crippen LogP contribution in [0, 0.1) is 5.82 Å². The number of aromatic amines is 1. The summed E-state index contributed by atoms with van der Waals surface area (Å²) in [6.45, 7) is 2.79. The number of piperazine rings is 1. The van der Waals surface area contributed by atoms with Crippen LogP contribution in [0.2, 0.25) is 0 Å². The van der Waals surface area contributed by atoms with Gasteiger partial charge < -0.3 is 14.7 Å². The van der Waals surface area contributed by atoms with E-state index >= 15 is 0 Å². The highest BCUT2D eigenvalue weighted by Gasteiger charge is 2.31. The number of hydrogen-bond donors (Lipinski definition) is 2. The Morgan fingerprint density at radius 1 is 1.24 bits per heavy atom. The maximum absolute atomic E-state index is 14.7. The summed E-state index contributed by atoms with van der Waals surface area (Å²) in [5.41, 5.74) is -0.578. The summed E-state index contributed by atoms with van der Waals surface area (Å²) in [6.07, 6.45) is 1.81. The third kappa shape index (κ3) is 2.12. The molecule has 2 fully saturated rings. The molecule has 1 aliphatic heterocycles. The number of rotatable bonds is 2. The van der Waals surface area contributed by atoms with Gasteiger partial charge in [-0.3, -0.25) is 14.2 Å². The first-order valence-electron chi connectivity index (χ1n) is 8.37. The van der Waals surface area contributed by atoms with Gasteiger partial charge in [-0.1, -0.05) is 0 Å². The maximum atomic E-state index is 14.7. The predicted octanol–water partition coefficient (Wildman–Crippen LogP) is 0.715. The molecule has 0 atom stereocenters. The number of nitrogens with one attached hydrogen (secondary N) is 2. The molecule has 3 aromatic rings. The molecule has 8 nitrogen and oxygen atoms in total. The molecule has 0 amide bonds. The van der Waals surface area contributed by atoms with Gasteiger partial charge in [0, 0.05) is 32.2 Å². The van der Waals surface area contributed by atoms with Crippen molar-refractivity contribution in [3.8, 4) is 0 Å². The van der Waals surface area contributed by atoms with Crippen LogP contribution in [0.4, 0.5) is 10.2 Å². The van der Waals surface area contributed by atoms with Crippen molar-refractivity contribution in [1.82, 2.24) is 20.0 Å². The van der Waals surface area contributed by atoms with E-state index in [4.69, 9.17) is 4.52 Å². The van der Waals surface area contributed by atoms with Gasteiger partial charge in [-0.2, -0.15) is 5.16 Å². The van der Waals surface area contributed by atoms with Crippen molar-refractivity contribution in [2.75, 3.05) is 31.1 Å². The average Bonchev–Trinajstić information content (AvgIpc) is 3.38. The van der Waals surface area contributed by atoms with E-state index in [1.54, 1.807) is 4.57 Å². The number of H-pyrrole nitrogens is 1. The Balaban J connectivity index is 1.86. The van der Waals surface area contributed by atoms with Gasteiger partial charge in [-0.25, -0.2) is 9.37 Å². The molecule has 1 saturated heterocycles. The second-order valence-corrected chi connectivity index (χ2v) is 6.55. The average molecular weight is 345 g/mol. The van der Waals surface area contributed by atoms with Gasteiger partial charge in [0.2, 0.25) is 11.1 Å². The van der Waals surface area contributed by atoms with Gasteiger partial charge in [0.1, 0.15) is 5.65 Å². The molecule has 4 heterocycles. The second-order valence-electron chi connectivity index (χ2n) is 6.55. The molecule has 2 aliphatic rings. The molecule has 2 N–H and O–H groups in total. The van der Waals surface area contributed by atoms with Crippen LogP contribution in [0.5, 0.6) is 0 Å². The minimum absolute atomic E-state index is 0.0736. The largest absolute Gasteiger partial charge is 0.360 e. The van der Waals surface area contributed by atoms with Gasteiger partial charge in [0.15, 0.2) is 17.0 Å². The zero-order chi connectivity index (χ0) is 17.1. The number of anilines is 1. The van der Waals surface area contributed by atoms with Crippen LogP contribution >= 0.6 is 0 Å². The Kier molecular flexibility index (Phi) is 3.02. The molecule has 0 bridgehead atoms. The summed E-state index contributed by atoms with van der Waals surface area (Å²) in [6, 6.07) is 1.31. The van der Waals surface area contributed by atoms with E-state index in [2.05, 4.69) is 15.5 Å². The van der Waals surface area contributed by atoms with Crippen LogP contribution in [0.15, 0.2) is 20.2 Å². The summed E-state index contributed by atoms with van der Waals surface area (Å²) in [5, 5.41) is 5.47. The van der Waals surface area contributed by atoms with Crippen LogP contribution < -0.4 is 21.2 Å². The number of halogens is 1. The van der Waals surface area contributed by atoms with Crippen LogP contribution in [-0.2, 0) is 0 Å². The topological polar surface area (TPSA) is 96.2 Å². The van der Waals surface area contributed by atoms with Crippen molar-refractivity contribution < 1.29 is 8.91 Å². The van der Waals surface area contributed by atoms with Crippen molar-refractivity contribution >= 4 is 28.0 Å². The lowest BCUT2D eigenvalue weighted by molar-refractivity contribution is 0.428. The standard InChI is InChI=1S/C16H16FN5O3/c17-10-7-9-12(23)11-15(24)20-25-16(11)22(8-1-2-8)13(9)19-14(10)21-5-3-18-4-6-21/h7-8,18H,1-6H2,(H,20,24). The fraction of sp³-hybridized carbons (Fsp3) is 0.438. The minimum Gasteiger partial charge on any atom is -0.360 e. The summed E-state index contributed by atoms with van der Waals surface area (Å²) in [4.78, 5) is 31.0. The third-order valence-electron chi connectivity index (χ3n) is 4.87. The Morgan fingerprint density at radius 2 is 2.00 bits per heavy atom. The first-order valence-corrected chi connectivity index (χ1v) is 8.37. The summed E-state index contributed by atoms with van der Waals surface area (Å²) < 4.78 is 21.7. The molecule has 0 aromatic carbocycles. The van der Waals surface area contributed by atoms with Crippen LogP contribution in [0.25, 0.3) is 22.1 Å². The Morgan fingerprint density at radius 3 is 2.72 bits per heavy atom. The fourth-order valence-electron chi connectivity index (χ4n) is 3.48. The van der Waals surface area contributed by atoms with Gasteiger partial charge in [-0.15, -0.1) is 0 Å². The SMILES string of the molecule is O=c1[nH]oc2c1c(=O)c1cc(F)c(N3CCNCC3)nc1n2C1CC1. The lowest BCUT2D eigenvalue weighted by Crippen LogP contribution is -2.44. The Bertz CT molecular complexity index is 1100. The van der Waals surface area contributed by atoms with Gasteiger partial charge in [-0.05, 0) is 18.9 Å². The highest BCUT2D eigenvalue weighted by atomic mass is 19.1. The molecule has 0 radical (unpaired) electrons. The molecule has 130 valence electrons. The number of aromatic nitrogens is 3. The molecule has 0 unspecified atom stereocenters. The first kappa shape index (κ1) is 14.6. The Hall–Kier alpha value is -2.68. The second kappa shape index (κ2) is 5.16. The quantitative estimate of drug-likeness (QED) is 0.710. The number of fused-ring (bicyclic) bond motifs is 2. The van der Waals surface area contributed by atoms with Crippen LogP contribution in [0.1, 0.15) is 18.9 Å². The van der Waals surface area contributed by atoms with Crippen LogP contribution in [-0.4, -0.2) is 40.9 Å². The summed E-state index contributed by atoms with van der Waals surface area (Å²) in [5.74, 6) is -0.312. The minimum atomic E-state index is -0.595. The van der Waals surface area contributed by atoms with E-state index in [1.165, 1.54) is 6.07 Å². The predicted molar refractivity (Wildman–Crippen MR) is 89.7 cm³/mol. The Labute approximate surface area is 140 Å². The van der Waals surface area contributed by atoms with Gasteiger partial charge in [0.05, 0.1) is 5.39 Å². The lowest BCUT2D eigenvalue weighted by atomic mass is 10.2. The number of pyridine rings is 2. The smallest absolute Gasteiger partial charge is 0.293 e. The van der Waals surface area contributed by atoms with Gasteiger partial charge in [0.25, 0.3) is 5.56 Å². The molecule has 5 rings (SSSR count). The van der Waals surface area contributed by atoms with Crippen molar-refractivity contribution in [2.45, 2.75) is 18.9 Å². The monoisotopic (exact) mass is 345 g/mol. The van der Waals surface area contributed by atoms with E-state index in [1.807, 2.05) is 4.90 Å². The highest BCUT2D eigenvalue weighted by molar-refractivity contribution is 5.90. The van der Waals surface area contributed by atoms with Crippen molar-refractivity contribution in [3.05, 3.63) is 32.5 Å². The van der Waals surface area contributed by atoms with Crippen molar-refractivity contribution in [1.29, 1.82) is 0 Å². The van der Waals surface area contributed by atoms with Crippen molar-refractivity contribution in [2.24, 2.45) is 0 Å². The molecule has 25 heavy (non-hydrogen) atoms. The molecule has 1 aliphatic carbocycles. The molecule has 1 saturated carbocycles. The van der Waals surface area contributed by atoms with E-state index in [0.717, 1.165) is 25.9 Å². The lowest BCUT2D eigenvalue weighted by Gasteiger charge is -2.29.